The highest BCUT2D eigenvalue weighted by Gasteiger charge is 2.19. The second-order valence-electron chi connectivity index (χ2n) is 9.29. The molecule has 0 saturated heterocycles. The molecule has 1 aliphatic carbocycles. The molecule has 3 N–H and O–H groups in total. The van der Waals surface area contributed by atoms with Crippen LogP contribution < -0.4 is 20.9 Å². The summed E-state index contributed by atoms with van der Waals surface area (Å²) >= 11 is 0. The van der Waals surface area contributed by atoms with Crippen molar-refractivity contribution in [3.05, 3.63) is 58.4 Å². The number of ether oxygens (including phenoxy) is 1. The van der Waals surface area contributed by atoms with E-state index in [1.54, 1.807) is 16.7 Å². The minimum Gasteiger partial charge on any atom is -0.480 e. The topological polar surface area (TPSA) is 150 Å². The van der Waals surface area contributed by atoms with Crippen molar-refractivity contribution in [3.63, 3.8) is 0 Å². The molecule has 38 heavy (non-hydrogen) atoms. The van der Waals surface area contributed by atoms with Crippen LogP contribution in [0.25, 0.3) is 10.9 Å². The number of likely N-dealkylation sites (N-methyl/N-ethyl adjacent to an activating group) is 1. The number of anilines is 2. The summed E-state index contributed by atoms with van der Waals surface area (Å²) in [6.45, 7) is 1.47. The SMILES string of the molecule is CN(CCn1c(=O)ccc2ccc(C#N)cc21)C1CCCCC1.O=C(O)Nc1ccc2c(n1)NC(=O)CO2. The lowest BCUT2D eigenvalue weighted by Gasteiger charge is -2.31. The minimum atomic E-state index is -1.22. The Morgan fingerprint density at radius 3 is 2.71 bits per heavy atom. The Morgan fingerprint density at radius 1 is 1.21 bits per heavy atom. The molecule has 1 saturated carbocycles. The molecule has 2 amide bonds. The average Bonchev–Trinajstić information content (AvgIpc) is 2.92. The number of pyridine rings is 2. The van der Waals surface area contributed by atoms with Crippen LogP contribution in [0.3, 0.4) is 0 Å². The number of rotatable bonds is 5. The summed E-state index contributed by atoms with van der Waals surface area (Å²) in [6.07, 6.45) is 5.29. The fraction of sp³-hybridized carbons (Fsp3) is 0.370. The van der Waals surface area contributed by atoms with Crippen LogP contribution in [0, 0.1) is 11.3 Å². The lowest BCUT2D eigenvalue weighted by molar-refractivity contribution is -0.118. The van der Waals surface area contributed by atoms with Crippen LogP contribution in [0.15, 0.2) is 47.3 Å². The number of hydrogen-bond acceptors (Lipinski definition) is 7. The molecule has 1 aliphatic heterocycles. The molecule has 2 aromatic heterocycles. The summed E-state index contributed by atoms with van der Waals surface area (Å²) in [6, 6.07) is 14.8. The molecule has 0 radical (unpaired) electrons. The van der Waals surface area contributed by atoms with E-state index in [1.165, 1.54) is 44.2 Å². The molecule has 11 heteroatoms. The zero-order valence-electron chi connectivity index (χ0n) is 21.1. The highest BCUT2D eigenvalue weighted by Crippen LogP contribution is 2.26. The number of carboxylic acid groups (broad SMARTS) is 1. The molecule has 3 heterocycles. The first-order chi connectivity index (χ1) is 18.3. The minimum absolute atomic E-state index is 0.00429. The first kappa shape index (κ1) is 26.6. The second-order valence-corrected chi connectivity index (χ2v) is 9.29. The predicted molar refractivity (Wildman–Crippen MR) is 142 cm³/mol. The van der Waals surface area contributed by atoms with Crippen LogP contribution >= 0.6 is 0 Å². The fourth-order valence-corrected chi connectivity index (χ4v) is 4.69. The summed E-state index contributed by atoms with van der Waals surface area (Å²) < 4.78 is 6.85. The Bertz CT molecular complexity index is 1420. The number of amides is 2. The quantitative estimate of drug-likeness (QED) is 0.463. The largest absolute Gasteiger partial charge is 0.480 e. The van der Waals surface area contributed by atoms with Crippen LogP contribution in [0.2, 0.25) is 0 Å². The maximum absolute atomic E-state index is 12.3. The molecular formula is C27H30N6O5. The van der Waals surface area contributed by atoms with E-state index < -0.39 is 6.09 Å². The summed E-state index contributed by atoms with van der Waals surface area (Å²) in [5.41, 5.74) is 1.45. The lowest BCUT2D eigenvalue weighted by Crippen LogP contribution is -2.37. The molecule has 0 atom stereocenters. The zero-order chi connectivity index (χ0) is 27.1. The number of nitrogens with zero attached hydrogens (tertiary/aromatic N) is 4. The van der Waals surface area contributed by atoms with Gasteiger partial charge in [-0.2, -0.15) is 5.26 Å². The monoisotopic (exact) mass is 518 g/mol. The molecule has 1 aromatic carbocycles. The summed E-state index contributed by atoms with van der Waals surface area (Å²) in [5, 5.41) is 23.1. The Balaban J connectivity index is 0.000000194. The Labute approximate surface area is 219 Å². The Hall–Kier alpha value is -4.43. The van der Waals surface area contributed by atoms with Crippen LogP contribution in [0.1, 0.15) is 37.7 Å². The smallest absolute Gasteiger partial charge is 0.410 e. The molecule has 3 aromatic rings. The third kappa shape index (κ3) is 6.66. The molecule has 0 bridgehead atoms. The number of fused-ring (bicyclic) bond motifs is 2. The number of hydrogen-bond donors (Lipinski definition) is 3. The van der Waals surface area contributed by atoms with Gasteiger partial charge in [0.15, 0.2) is 18.2 Å². The molecule has 1 fully saturated rings. The standard InChI is InChI=1S/C19H23N3O.C8H7N3O4/c1-21(17-5-3-2-4-6-17)11-12-22-18-13-15(14-20)7-8-16(18)9-10-19(22)23;12-6-3-15-4-1-2-5(10-8(13)14)9-7(4)11-6/h7-10,13,17H,2-6,11-12H2,1H3;1-2H,3H2,(H,13,14)(H2,9,10,11,12). The molecule has 0 unspecified atom stereocenters. The van der Waals surface area contributed by atoms with E-state index in [2.05, 4.69) is 33.6 Å². The molecule has 11 nitrogen and oxygen atoms in total. The average molecular weight is 519 g/mol. The number of carbonyl (C=O) groups excluding carboxylic acids is 1. The van der Waals surface area contributed by atoms with Gasteiger partial charge in [-0.3, -0.25) is 14.9 Å². The van der Waals surface area contributed by atoms with E-state index in [0.29, 0.717) is 23.9 Å². The normalized spacial score (nSPS) is 14.9. The van der Waals surface area contributed by atoms with Gasteiger partial charge in [-0.1, -0.05) is 25.3 Å². The van der Waals surface area contributed by atoms with E-state index >= 15 is 0 Å². The maximum atomic E-state index is 12.3. The summed E-state index contributed by atoms with van der Waals surface area (Å²) in [5.74, 6) is 0.456. The van der Waals surface area contributed by atoms with Gasteiger partial charge in [0, 0.05) is 25.2 Å². The second kappa shape index (κ2) is 12.2. The number of nitriles is 1. The molecular weight excluding hydrogens is 488 g/mol. The maximum Gasteiger partial charge on any atom is 0.410 e. The van der Waals surface area contributed by atoms with E-state index in [9.17, 15) is 14.4 Å². The number of nitrogens with one attached hydrogen (secondary N) is 2. The third-order valence-corrected chi connectivity index (χ3v) is 6.71. The van der Waals surface area contributed by atoms with Crippen LogP contribution in [0.5, 0.6) is 5.75 Å². The van der Waals surface area contributed by atoms with Gasteiger partial charge >= 0.3 is 6.09 Å². The first-order valence-corrected chi connectivity index (χ1v) is 12.5. The van der Waals surface area contributed by atoms with Crippen molar-refractivity contribution in [1.29, 1.82) is 5.26 Å². The van der Waals surface area contributed by atoms with Crippen molar-refractivity contribution < 1.29 is 19.4 Å². The summed E-state index contributed by atoms with van der Waals surface area (Å²) in [4.78, 5) is 39.8. The van der Waals surface area contributed by atoms with Gasteiger partial charge in [-0.25, -0.2) is 9.78 Å². The van der Waals surface area contributed by atoms with Crippen LogP contribution in [-0.4, -0.2) is 57.8 Å². The van der Waals surface area contributed by atoms with Crippen LogP contribution in [0.4, 0.5) is 16.4 Å². The van der Waals surface area contributed by atoms with Gasteiger partial charge in [0.05, 0.1) is 17.1 Å². The zero-order valence-corrected chi connectivity index (χ0v) is 21.1. The lowest BCUT2D eigenvalue weighted by atomic mass is 9.94. The van der Waals surface area contributed by atoms with Gasteiger partial charge in [0.2, 0.25) is 0 Å². The van der Waals surface area contributed by atoms with E-state index in [0.717, 1.165) is 17.4 Å². The summed E-state index contributed by atoms with van der Waals surface area (Å²) in [7, 11) is 2.16. The first-order valence-electron chi connectivity index (χ1n) is 12.5. The van der Waals surface area contributed by atoms with Crippen molar-refractivity contribution in [2.45, 2.75) is 44.7 Å². The highest BCUT2D eigenvalue weighted by atomic mass is 16.5. The van der Waals surface area contributed by atoms with E-state index in [-0.39, 0.29) is 29.7 Å². The van der Waals surface area contributed by atoms with Crippen molar-refractivity contribution >= 4 is 34.5 Å². The number of aromatic nitrogens is 2. The van der Waals surface area contributed by atoms with Crippen molar-refractivity contribution in [1.82, 2.24) is 14.5 Å². The van der Waals surface area contributed by atoms with Gasteiger partial charge in [-0.05, 0) is 55.6 Å². The number of carbonyl (C=O) groups is 2. The molecule has 0 spiro atoms. The van der Waals surface area contributed by atoms with Gasteiger partial charge in [-0.15, -0.1) is 0 Å². The van der Waals surface area contributed by atoms with Crippen molar-refractivity contribution in [3.8, 4) is 11.8 Å². The molecule has 2 aliphatic rings. The molecule has 198 valence electrons. The van der Waals surface area contributed by atoms with Gasteiger partial charge in [0.25, 0.3) is 11.5 Å². The van der Waals surface area contributed by atoms with Gasteiger partial charge < -0.3 is 24.6 Å². The third-order valence-electron chi connectivity index (χ3n) is 6.71. The van der Waals surface area contributed by atoms with Crippen LogP contribution in [-0.2, 0) is 11.3 Å². The predicted octanol–water partition coefficient (Wildman–Crippen LogP) is 3.64. The van der Waals surface area contributed by atoms with E-state index in [4.69, 9.17) is 15.1 Å². The Morgan fingerprint density at radius 2 is 1.97 bits per heavy atom. The van der Waals surface area contributed by atoms with E-state index in [1.807, 2.05) is 18.2 Å². The number of benzene rings is 1. The highest BCUT2D eigenvalue weighted by molar-refractivity contribution is 5.94. The van der Waals surface area contributed by atoms with Gasteiger partial charge in [0.1, 0.15) is 5.82 Å². The fourth-order valence-electron chi connectivity index (χ4n) is 4.69. The molecule has 5 rings (SSSR count). The Kier molecular flexibility index (Phi) is 8.55. The van der Waals surface area contributed by atoms with Crippen molar-refractivity contribution in [2.24, 2.45) is 0 Å². The van der Waals surface area contributed by atoms with Crippen molar-refractivity contribution in [2.75, 3.05) is 30.8 Å².